The minimum atomic E-state index is -0.710. The van der Waals surface area contributed by atoms with E-state index in [0.29, 0.717) is 43.3 Å². The molecule has 107 heavy (non-hydrogen) atoms. The van der Waals surface area contributed by atoms with Gasteiger partial charge in [0, 0.05) is 11.8 Å². The molecule has 13 aliphatic rings. The van der Waals surface area contributed by atoms with Crippen molar-refractivity contribution in [2.45, 2.75) is 420 Å². The number of rotatable bonds is 18. The number of esters is 4. The van der Waals surface area contributed by atoms with Crippen LogP contribution in [0.4, 0.5) is 0 Å². The van der Waals surface area contributed by atoms with E-state index in [1.807, 2.05) is 34.6 Å². The Hall–Kier alpha value is -3.34. The number of hydrogen-bond acceptors (Lipinski definition) is 14. The lowest BCUT2D eigenvalue weighted by Gasteiger charge is -2.35. The molecule has 13 fully saturated rings. The number of aliphatic carboxylic acids is 2. The molecule has 16 nitrogen and oxygen atoms in total. The van der Waals surface area contributed by atoms with Crippen molar-refractivity contribution in [3.8, 4) is 0 Å². The predicted molar refractivity (Wildman–Crippen MR) is 446 cm³/mol. The number of carbonyl (C=O) groups is 6. The molecule has 0 radical (unpaired) electrons. The Morgan fingerprint density at radius 2 is 0.729 bits per heavy atom. The van der Waals surface area contributed by atoms with Crippen LogP contribution in [0.15, 0.2) is 0 Å². The van der Waals surface area contributed by atoms with Crippen LogP contribution >= 0.6 is 0 Å². The van der Waals surface area contributed by atoms with Crippen molar-refractivity contribution in [2.24, 2.45) is 118 Å². The Labute approximate surface area is 661 Å². The van der Waals surface area contributed by atoms with E-state index in [0.717, 1.165) is 149 Å². The van der Waals surface area contributed by atoms with Crippen LogP contribution in [0.3, 0.4) is 0 Å². The maximum atomic E-state index is 12.6. The Bertz CT molecular complexity index is 2440. The first-order chi connectivity index (χ1) is 45.4. The summed E-state index contributed by atoms with van der Waals surface area (Å²) in [4.78, 5) is 69.9. The number of carbonyl (C=O) groups excluding carboxylic acids is 4. The Morgan fingerprint density at radius 1 is 0.383 bits per heavy atom. The smallest absolute Gasteiger partial charge is 0.312 e. The van der Waals surface area contributed by atoms with Crippen LogP contribution < -0.4 is 0 Å². The molecule has 13 rings (SSSR count). The van der Waals surface area contributed by atoms with E-state index in [2.05, 4.69) is 76.2 Å². The lowest BCUT2D eigenvalue weighted by atomic mass is 9.70. The minimum absolute atomic E-state index is 0. The largest absolute Gasteiger partial charge is 0.481 e. The summed E-state index contributed by atoms with van der Waals surface area (Å²) in [5.74, 6) is 8.87. The van der Waals surface area contributed by atoms with Crippen molar-refractivity contribution in [3.63, 3.8) is 0 Å². The highest BCUT2D eigenvalue weighted by molar-refractivity contribution is 5.77. The van der Waals surface area contributed by atoms with Gasteiger partial charge in [-0.15, -0.1) is 0 Å². The molecule has 0 spiro atoms. The summed E-state index contributed by atoms with van der Waals surface area (Å²) < 4.78 is 44.8. The monoisotopic (exact) mass is 1530 g/mol. The van der Waals surface area contributed by atoms with Gasteiger partial charge in [0.1, 0.15) is 11.2 Å². The first-order valence-corrected chi connectivity index (χ1v) is 39.3. The van der Waals surface area contributed by atoms with Crippen LogP contribution in [-0.2, 0) is 66.7 Å². The third-order valence-electron chi connectivity index (χ3n) is 26.6. The third kappa shape index (κ3) is 24.8. The van der Waals surface area contributed by atoms with Gasteiger partial charge in [-0.1, -0.05) is 205 Å². The molecule has 0 amide bonds. The van der Waals surface area contributed by atoms with Crippen LogP contribution in [-0.4, -0.2) is 119 Å². The SMILES string of the molecule is C.C.C.C.C.C.C.C.C.C.C.C.CCC1CC(C(=O)O)C(CC)O1.CCC1CC(C(=O)OC2(CC)CCCC2)C(CC)O1.CCC1CC(CC)C2C3CC(CC3C(=O)O)C12.CCC1CC(CC)C2C3CC(CC3C(=O)OC(C)(C)C)C12.CCC1OC(CC)C2C(=O)OCC12.CCC1OC(CC)C2C(=O)OCC12. The number of carboxylic acid groups (broad SMARTS) is 2. The highest BCUT2D eigenvalue weighted by Crippen LogP contribution is 2.67. The van der Waals surface area contributed by atoms with E-state index in [1.54, 1.807) is 0 Å². The van der Waals surface area contributed by atoms with Crippen LogP contribution in [0.1, 0.15) is 360 Å². The van der Waals surface area contributed by atoms with Gasteiger partial charge < -0.3 is 48.1 Å². The van der Waals surface area contributed by atoms with Gasteiger partial charge in [0.05, 0.1) is 97.6 Å². The van der Waals surface area contributed by atoms with Crippen LogP contribution in [0, 0.1) is 118 Å². The molecule has 640 valence electrons. The Kier molecular flexibility index (Phi) is 52.5. The second-order valence-corrected chi connectivity index (χ2v) is 32.4. The summed E-state index contributed by atoms with van der Waals surface area (Å²) in [6.07, 6.45) is 28.0. The van der Waals surface area contributed by atoms with Crippen molar-refractivity contribution >= 4 is 35.8 Å². The van der Waals surface area contributed by atoms with E-state index < -0.39 is 11.9 Å². The van der Waals surface area contributed by atoms with Gasteiger partial charge in [0.2, 0.25) is 0 Å². The molecule has 28 unspecified atom stereocenters. The van der Waals surface area contributed by atoms with Gasteiger partial charge in [-0.25, -0.2) is 0 Å². The lowest BCUT2D eigenvalue weighted by Crippen LogP contribution is -2.37. The minimum Gasteiger partial charge on any atom is -0.481 e. The molecule has 28 atom stereocenters. The van der Waals surface area contributed by atoms with Crippen LogP contribution in [0.2, 0.25) is 0 Å². The second kappa shape index (κ2) is 50.0. The van der Waals surface area contributed by atoms with E-state index in [4.69, 9.17) is 43.0 Å². The highest BCUT2D eigenvalue weighted by atomic mass is 16.6. The standard InChI is InChI=1S/C19H32O2.C16H28O3.C15H24O2.2C10H16O3.C9H16O3.12CH4/c1-6-11-8-12(7-2)17-14-9-13(16(11)17)10-15(14)18(20)21-19(3,4)5;1-4-12-11-13(14(5-2)18-12)15(17)19-16(6-3)9-7-8-10-16;1-3-8-5-9(4-2)14-11-6-10(13(8)14)7-12(11)15(16)17;2*1-3-7-6-5-12-10(11)9(6)8(4-2)13-7;1-3-6-5-7(9(10)11)8(4-2)12-6;;;;;;;;;;;;/h11-17H,6-10H2,1-5H3;12-14H,4-11H2,1-3H3;8-14H,3-7H2,1-2H3,(H,16,17);2*6-9H,3-5H2,1-2H3;6-8H,3-5H2,1-2H3,(H,10,11);12*1H4. The zero-order valence-corrected chi connectivity index (χ0v) is 61.9. The molecular weight excluding hydrogens is 1350 g/mol. The average molecular weight is 1530 g/mol. The quantitative estimate of drug-likeness (QED) is 0.0963. The Balaban J connectivity index is -0.000000384. The van der Waals surface area contributed by atoms with Crippen molar-refractivity contribution in [1.29, 1.82) is 0 Å². The normalized spacial score (nSPS) is 37.5. The summed E-state index contributed by atoms with van der Waals surface area (Å²) >= 11 is 0. The fraction of sp³-hybridized carbons (Fsp3) is 0.934. The molecule has 0 aromatic carbocycles. The molecule has 7 saturated carbocycles. The fourth-order valence-electron chi connectivity index (χ4n) is 22.0. The van der Waals surface area contributed by atoms with Crippen molar-refractivity contribution in [3.05, 3.63) is 0 Å². The van der Waals surface area contributed by atoms with Gasteiger partial charge in [-0.05, 0) is 227 Å². The van der Waals surface area contributed by atoms with E-state index in [-0.39, 0.29) is 209 Å². The van der Waals surface area contributed by atoms with Gasteiger partial charge in [0.25, 0.3) is 0 Å². The molecule has 6 aliphatic heterocycles. The molecule has 4 bridgehead atoms. The molecule has 6 heterocycles. The first-order valence-electron chi connectivity index (χ1n) is 39.3. The van der Waals surface area contributed by atoms with Gasteiger partial charge >= 0.3 is 35.8 Å². The van der Waals surface area contributed by atoms with E-state index in [9.17, 15) is 33.9 Å². The molecular formula is C91H180O16. The summed E-state index contributed by atoms with van der Waals surface area (Å²) in [5, 5.41) is 18.2. The van der Waals surface area contributed by atoms with E-state index >= 15 is 0 Å². The zero-order valence-electron chi connectivity index (χ0n) is 61.9. The van der Waals surface area contributed by atoms with Crippen LogP contribution in [0.25, 0.3) is 0 Å². The molecule has 6 saturated heterocycles. The van der Waals surface area contributed by atoms with Crippen molar-refractivity contribution in [1.82, 2.24) is 0 Å². The van der Waals surface area contributed by atoms with Crippen LogP contribution in [0.5, 0.6) is 0 Å². The topological polar surface area (TPSA) is 217 Å². The molecule has 0 aromatic rings. The second-order valence-electron chi connectivity index (χ2n) is 32.4. The zero-order chi connectivity index (χ0) is 69.4. The number of cyclic esters (lactones) is 2. The highest BCUT2D eigenvalue weighted by Gasteiger charge is 2.63. The van der Waals surface area contributed by atoms with Gasteiger partial charge in [0.15, 0.2) is 0 Å². The van der Waals surface area contributed by atoms with Gasteiger partial charge in [-0.2, -0.15) is 0 Å². The maximum absolute atomic E-state index is 12.6. The predicted octanol–water partition coefficient (Wildman–Crippen LogP) is 24.0. The lowest BCUT2D eigenvalue weighted by molar-refractivity contribution is -0.167. The summed E-state index contributed by atoms with van der Waals surface area (Å²) in [5.41, 5.74) is -0.510. The van der Waals surface area contributed by atoms with E-state index in [1.165, 1.54) is 64.2 Å². The molecule has 2 N–H and O–H groups in total. The summed E-state index contributed by atoms with van der Waals surface area (Å²) in [7, 11) is 0. The fourth-order valence-corrected chi connectivity index (χ4v) is 22.0. The van der Waals surface area contributed by atoms with Gasteiger partial charge in [-0.3, -0.25) is 28.8 Å². The number of hydrogen-bond donors (Lipinski definition) is 2. The summed E-state index contributed by atoms with van der Waals surface area (Å²) in [6, 6.07) is 0. The molecule has 16 heteroatoms. The first kappa shape index (κ1) is 112. The number of fused-ring (bicyclic) bond motifs is 12. The molecule has 7 aliphatic carbocycles. The number of ether oxygens (including phenoxy) is 8. The summed E-state index contributed by atoms with van der Waals surface area (Å²) in [6.45, 7) is 35.1. The average Bonchev–Trinajstić information content (AvgIpc) is 1.57. The van der Waals surface area contributed by atoms with Crippen molar-refractivity contribution < 1.29 is 76.9 Å². The van der Waals surface area contributed by atoms with Crippen molar-refractivity contribution in [2.75, 3.05) is 13.2 Å². The molecule has 0 aromatic heterocycles. The maximum Gasteiger partial charge on any atom is 0.312 e. The third-order valence-corrected chi connectivity index (χ3v) is 26.6. The Morgan fingerprint density at radius 3 is 1.06 bits per heavy atom. The number of carboxylic acids is 2.